The maximum atomic E-state index is 12.1. The minimum atomic E-state index is 0.0405. The van der Waals surface area contributed by atoms with Crippen LogP contribution in [0, 0.1) is 5.92 Å². The molecule has 1 fully saturated rings. The van der Waals surface area contributed by atoms with Gasteiger partial charge in [0.05, 0.1) is 6.61 Å². The minimum Gasteiger partial charge on any atom is -0.494 e. The van der Waals surface area contributed by atoms with E-state index in [0.717, 1.165) is 43.2 Å². The summed E-state index contributed by atoms with van der Waals surface area (Å²) >= 11 is 0. The highest BCUT2D eigenvalue weighted by Crippen LogP contribution is 2.16. The highest BCUT2D eigenvalue weighted by molar-refractivity contribution is 5.74. The van der Waals surface area contributed by atoms with Crippen molar-refractivity contribution >= 4 is 6.03 Å². The standard InChI is InChI=1S/C16H24N2O2/c1-3-20-15-6-4-5-14(11-15)12-17-16(19)18-9-7-13(2)8-10-18/h4-6,11,13H,3,7-10,12H2,1-2H3,(H,17,19). The van der Waals surface area contributed by atoms with E-state index in [1.54, 1.807) is 0 Å². The number of benzene rings is 1. The average Bonchev–Trinajstić information content (AvgIpc) is 2.46. The van der Waals surface area contributed by atoms with Gasteiger partial charge in [0.1, 0.15) is 5.75 Å². The molecule has 2 amide bonds. The van der Waals surface area contributed by atoms with Crippen molar-refractivity contribution in [1.29, 1.82) is 0 Å². The molecule has 0 radical (unpaired) electrons. The molecule has 1 saturated heterocycles. The first-order valence-corrected chi connectivity index (χ1v) is 7.43. The molecule has 110 valence electrons. The van der Waals surface area contributed by atoms with Crippen LogP contribution >= 0.6 is 0 Å². The number of rotatable bonds is 4. The Balaban J connectivity index is 1.82. The smallest absolute Gasteiger partial charge is 0.317 e. The van der Waals surface area contributed by atoms with Crippen molar-refractivity contribution in [3.8, 4) is 5.75 Å². The molecule has 0 saturated carbocycles. The molecule has 4 nitrogen and oxygen atoms in total. The van der Waals surface area contributed by atoms with E-state index in [1.165, 1.54) is 0 Å². The molecular formula is C16H24N2O2. The largest absolute Gasteiger partial charge is 0.494 e. The second-order valence-electron chi connectivity index (χ2n) is 5.41. The van der Waals surface area contributed by atoms with Gasteiger partial charge in [-0.15, -0.1) is 0 Å². The van der Waals surface area contributed by atoms with Crippen LogP contribution in [0.3, 0.4) is 0 Å². The first kappa shape index (κ1) is 14.7. The van der Waals surface area contributed by atoms with E-state index in [9.17, 15) is 4.79 Å². The van der Waals surface area contributed by atoms with Crippen LogP contribution in [0.15, 0.2) is 24.3 Å². The fourth-order valence-corrected chi connectivity index (χ4v) is 2.41. The summed E-state index contributed by atoms with van der Waals surface area (Å²) in [5.74, 6) is 1.59. The predicted molar refractivity (Wildman–Crippen MR) is 79.8 cm³/mol. The van der Waals surface area contributed by atoms with Gasteiger partial charge in [-0.3, -0.25) is 0 Å². The Bertz CT molecular complexity index is 440. The van der Waals surface area contributed by atoms with Crippen LogP contribution in [0.25, 0.3) is 0 Å². The lowest BCUT2D eigenvalue weighted by molar-refractivity contribution is 0.173. The van der Waals surface area contributed by atoms with Gasteiger partial charge >= 0.3 is 6.03 Å². The van der Waals surface area contributed by atoms with E-state index < -0.39 is 0 Å². The SMILES string of the molecule is CCOc1cccc(CNC(=O)N2CCC(C)CC2)c1. The van der Waals surface area contributed by atoms with E-state index in [0.29, 0.717) is 13.2 Å². The molecule has 1 aromatic carbocycles. The number of carbonyl (C=O) groups excluding carboxylic acids is 1. The normalized spacial score (nSPS) is 16.0. The van der Waals surface area contributed by atoms with Crippen molar-refractivity contribution in [2.75, 3.05) is 19.7 Å². The summed E-state index contributed by atoms with van der Waals surface area (Å²) in [7, 11) is 0. The van der Waals surface area contributed by atoms with Crippen molar-refractivity contribution in [2.24, 2.45) is 5.92 Å². The number of amides is 2. The van der Waals surface area contributed by atoms with Crippen molar-refractivity contribution in [2.45, 2.75) is 33.2 Å². The van der Waals surface area contributed by atoms with Gasteiger partial charge in [0, 0.05) is 19.6 Å². The molecule has 0 bridgehead atoms. The molecule has 1 aliphatic rings. The van der Waals surface area contributed by atoms with Crippen molar-refractivity contribution in [3.05, 3.63) is 29.8 Å². The highest BCUT2D eigenvalue weighted by atomic mass is 16.5. The Morgan fingerprint density at radius 3 is 2.85 bits per heavy atom. The molecule has 1 aromatic rings. The summed E-state index contributed by atoms with van der Waals surface area (Å²) in [4.78, 5) is 14.0. The van der Waals surface area contributed by atoms with Crippen LogP contribution in [-0.4, -0.2) is 30.6 Å². The second kappa shape index (κ2) is 7.17. The first-order chi connectivity index (χ1) is 9.69. The van der Waals surface area contributed by atoms with E-state index in [1.807, 2.05) is 36.1 Å². The lowest BCUT2D eigenvalue weighted by Gasteiger charge is -2.30. The molecule has 0 aromatic heterocycles. The van der Waals surface area contributed by atoms with E-state index in [4.69, 9.17) is 4.74 Å². The molecular weight excluding hydrogens is 252 g/mol. The van der Waals surface area contributed by atoms with Crippen LogP contribution in [0.5, 0.6) is 5.75 Å². The predicted octanol–water partition coefficient (Wildman–Crippen LogP) is 3.03. The zero-order chi connectivity index (χ0) is 14.4. The average molecular weight is 276 g/mol. The topological polar surface area (TPSA) is 41.6 Å². The Morgan fingerprint density at radius 1 is 1.40 bits per heavy atom. The Labute approximate surface area is 121 Å². The van der Waals surface area contributed by atoms with Gasteiger partial charge in [0.25, 0.3) is 0 Å². The Kier molecular flexibility index (Phi) is 5.27. The molecule has 0 aliphatic carbocycles. The van der Waals surface area contributed by atoms with Gasteiger partial charge in [0.2, 0.25) is 0 Å². The number of carbonyl (C=O) groups is 1. The maximum Gasteiger partial charge on any atom is 0.317 e. The molecule has 2 rings (SSSR count). The third kappa shape index (κ3) is 4.15. The lowest BCUT2D eigenvalue weighted by atomic mass is 10.00. The van der Waals surface area contributed by atoms with Gasteiger partial charge in [0.15, 0.2) is 0 Å². The maximum absolute atomic E-state index is 12.1. The fraction of sp³-hybridized carbons (Fsp3) is 0.562. The van der Waals surface area contributed by atoms with E-state index >= 15 is 0 Å². The third-order valence-electron chi connectivity index (χ3n) is 3.72. The van der Waals surface area contributed by atoms with Crippen LogP contribution < -0.4 is 10.1 Å². The molecule has 20 heavy (non-hydrogen) atoms. The summed E-state index contributed by atoms with van der Waals surface area (Å²) in [5.41, 5.74) is 1.06. The van der Waals surface area contributed by atoms with E-state index in [-0.39, 0.29) is 6.03 Å². The first-order valence-electron chi connectivity index (χ1n) is 7.43. The molecule has 1 N–H and O–H groups in total. The van der Waals surface area contributed by atoms with Crippen molar-refractivity contribution in [1.82, 2.24) is 10.2 Å². The summed E-state index contributed by atoms with van der Waals surface area (Å²) in [6.45, 7) is 7.14. The van der Waals surface area contributed by atoms with Gasteiger partial charge in [-0.05, 0) is 43.4 Å². The van der Waals surface area contributed by atoms with E-state index in [2.05, 4.69) is 12.2 Å². The quantitative estimate of drug-likeness (QED) is 0.918. The van der Waals surface area contributed by atoms with Crippen LogP contribution in [0.4, 0.5) is 4.79 Å². The van der Waals surface area contributed by atoms with Crippen molar-refractivity contribution < 1.29 is 9.53 Å². The van der Waals surface area contributed by atoms with Crippen LogP contribution in [-0.2, 0) is 6.54 Å². The molecule has 0 unspecified atom stereocenters. The lowest BCUT2D eigenvalue weighted by Crippen LogP contribution is -2.43. The summed E-state index contributed by atoms with van der Waals surface area (Å²) in [5, 5.41) is 2.98. The Morgan fingerprint density at radius 2 is 2.15 bits per heavy atom. The number of nitrogens with one attached hydrogen (secondary N) is 1. The number of piperidine rings is 1. The zero-order valence-corrected chi connectivity index (χ0v) is 12.4. The van der Waals surface area contributed by atoms with Crippen LogP contribution in [0.2, 0.25) is 0 Å². The van der Waals surface area contributed by atoms with Crippen LogP contribution in [0.1, 0.15) is 32.3 Å². The molecule has 1 aliphatic heterocycles. The monoisotopic (exact) mass is 276 g/mol. The molecule has 0 atom stereocenters. The summed E-state index contributed by atoms with van der Waals surface area (Å²) in [6, 6.07) is 7.90. The number of ether oxygens (including phenoxy) is 1. The number of hydrogen-bond donors (Lipinski definition) is 1. The number of urea groups is 1. The highest BCUT2D eigenvalue weighted by Gasteiger charge is 2.19. The molecule has 4 heteroatoms. The Hall–Kier alpha value is -1.71. The summed E-state index contributed by atoms with van der Waals surface area (Å²) < 4.78 is 5.46. The van der Waals surface area contributed by atoms with Crippen molar-refractivity contribution in [3.63, 3.8) is 0 Å². The minimum absolute atomic E-state index is 0.0405. The number of hydrogen-bond acceptors (Lipinski definition) is 2. The third-order valence-corrected chi connectivity index (χ3v) is 3.72. The zero-order valence-electron chi connectivity index (χ0n) is 12.4. The fourth-order valence-electron chi connectivity index (χ4n) is 2.41. The number of nitrogens with zero attached hydrogens (tertiary/aromatic N) is 1. The second-order valence-corrected chi connectivity index (χ2v) is 5.41. The summed E-state index contributed by atoms with van der Waals surface area (Å²) in [6.07, 6.45) is 2.21. The van der Waals surface area contributed by atoms with Gasteiger partial charge in [-0.25, -0.2) is 4.79 Å². The van der Waals surface area contributed by atoms with Gasteiger partial charge < -0.3 is 15.0 Å². The van der Waals surface area contributed by atoms with Gasteiger partial charge in [-0.2, -0.15) is 0 Å². The molecule has 0 spiro atoms. The van der Waals surface area contributed by atoms with Gasteiger partial charge in [-0.1, -0.05) is 19.1 Å². The molecule has 1 heterocycles. The number of likely N-dealkylation sites (tertiary alicyclic amines) is 1.